The number of nitrogens with one attached hydrogen (secondary N) is 1. The Bertz CT molecular complexity index is 550. The Morgan fingerprint density at radius 1 is 1.12 bits per heavy atom. The highest BCUT2D eigenvalue weighted by Crippen LogP contribution is 2.26. The minimum Gasteiger partial charge on any atom is -0.481 e. The molecule has 1 atom stereocenters. The molecule has 25 heavy (non-hydrogen) atoms. The van der Waals surface area contributed by atoms with Crippen LogP contribution in [0.5, 0.6) is 0 Å². The minimum absolute atomic E-state index is 0.000486. The zero-order valence-corrected chi connectivity index (χ0v) is 14.3. The first-order valence-electron chi connectivity index (χ1n) is 8.29. The van der Waals surface area contributed by atoms with Gasteiger partial charge in [-0.1, -0.05) is 49.6 Å². The molecule has 1 amide bonds. The second kappa shape index (κ2) is 11.1. The molecule has 7 nitrogen and oxygen atoms in total. The minimum atomic E-state index is -0.987. The highest BCUT2D eigenvalue weighted by atomic mass is 16.5. The zero-order valence-electron chi connectivity index (χ0n) is 14.3. The van der Waals surface area contributed by atoms with Crippen LogP contribution in [0.2, 0.25) is 0 Å². The lowest BCUT2D eigenvalue weighted by Crippen LogP contribution is -2.46. The molecule has 0 aliphatic heterocycles. The van der Waals surface area contributed by atoms with Crippen LogP contribution in [0.4, 0.5) is 4.79 Å². The number of ether oxygens (including phenoxy) is 1. The van der Waals surface area contributed by atoms with Gasteiger partial charge in [-0.05, 0) is 24.3 Å². The van der Waals surface area contributed by atoms with Crippen molar-refractivity contribution >= 4 is 18.0 Å². The Morgan fingerprint density at radius 2 is 1.68 bits per heavy atom. The molecule has 0 radical (unpaired) electrons. The van der Waals surface area contributed by atoms with Crippen molar-refractivity contribution in [2.45, 2.75) is 51.7 Å². The summed E-state index contributed by atoms with van der Waals surface area (Å²) in [6.45, 7) is 1.23. The largest absolute Gasteiger partial charge is 0.481 e. The van der Waals surface area contributed by atoms with Crippen LogP contribution in [0.3, 0.4) is 0 Å². The van der Waals surface area contributed by atoms with Crippen molar-refractivity contribution in [3.8, 4) is 0 Å². The number of alkyl carbamates (subject to hydrolysis) is 1. The Labute approximate surface area is 147 Å². The van der Waals surface area contributed by atoms with Crippen LogP contribution in [0.25, 0.3) is 0 Å². The van der Waals surface area contributed by atoms with Gasteiger partial charge < -0.3 is 20.3 Å². The molecule has 0 bridgehead atoms. The monoisotopic (exact) mass is 351 g/mol. The maximum absolute atomic E-state index is 11.8. The quantitative estimate of drug-likeness (QED) is 0.751. The van der Waals surface area contributed by atoms with E-state index >= 15 is 0 Å². The van der Waals surface area contributed by atoms with Crippen LogP contribution in [0.1, 0.15) is 44.6 Å². The molecule has 0 heterocycles. The molecule has 3 N–H and O–H groups in total. The fourth-order valence-electron chi connectivity index (χ4n) is 2.74. The SMILES string of the molecule is CC(=O)O.O=C(NC(C(=O)O)C1CCCCC1)OCc1ccccc1. The van der Waals surface area contributed by atoms with Gasteiger partial charge in [0.2, 0.25) is 0 Å². The molecular formula is C18H25NO6. The summed E-state index contributed by atoms with van der Waals surface area (Å²) in [6, 6.07) is 8.45. The molecule has 2 rings (SSSR count). The number of aliphatic carboxylic acids is 2. The molecular weight excluding hydrogens is 326 g/mol. The summed E-state index contributed by atoms with van der Waals surface area (Å²) in [4.78, 5) is 32.1. The third kappa shape index (κ3) is 8.74. The van der Waals surface area contributed by atoms with Crippen LogP contribution in [-0.4, -0.2) is 34.3 Å². The van der Waals surface area contributed by atoms with Crippen LogP contribution in [-0.2, 0) is 20.9 Å². The topological polar surface area (TPSA) is 113 Å². The van der Waals surface area contributed by atoms with E-state index in [1.165, 1.54) is 0 Å². The van der Waals surface area contributed by atoms with Gasteiger partial charge in [0.1, 0.15) is 12.6 Å². The molecule has 1 saturated carbocycles. The molecule has 0 aromatic heterocycles. The van der Waals surface area contributed by atoms with Crippen LogP contribution < -0.4 is 5.32 Å². The number of carbonyl (C=O) groups excluding carboxylic acids is 1. The average Bonchev–Trinajstić information content (AvgIpc) is 2.59. The van der Waals surface area contributed by atoms with Gasteiger partial charge >= 0.3 is 12.1 Å². The van der Waals surface area contributed by atoms with Crippen LogP contribution >= 0.6 is 0 Å². The maximum atomic E-state index is 11.8. The summed E-state index contributed by atoms with van der Waals surface area (Å²) >= 11 is 0. The third-order valence-corrected chi connectivity index (χ3v) is 3.87. The fraction of sp³-hybridized carbons (Fsp3) is 0.500. The molecule has 138 valence electrons. The average molecular weight is 351 g/mol. The van der Waals surface area contributed by atoms with Gasteiger partial charge in [-0.25, -0.2) is 9.59 Å². The van der Waals surface area contributed by atoms with Crippen molar-refractivity contribution in [1.29, 1.82) is 0 Å². The lowest BCUT2D eigenvalue weighted by molar-refractivity contribution is -0.141. The molecule has 1 aromatic carbocycles. The van der Waals surface area contributed by atoms with Crippen molar-refractivity contribution in [1.82, 2.24) is 5.32 Å². The van der Waals surface area contributed by atoms with E-state index < -0.39 is 24.1 Å². The van der Waals surface area contributed by atoms with Crippen molar-refractivity contribution in [3.05, 3.63) is 35.9 Å². The summed E-state index contributed by atoms with van der Waals surface area (Å²) in [5, 5.41) is 19.2. The van der Waals surface area contributed by atoms with E-state index in [0.717, 1.165) is 44.6 Å². The lowest BCUT2D eigenvalue weighted by atomic mass is 9.84. The van der Waals surface area contributed by atoms with Gasteiger partial charge in [-0.3, -0.25) is 4.79 Å². The standard InChI is InChI=1S/C16H21NO4.C2H4O2/c18-15(19)14(13-9-5-2-6-10-13)17-16(20)21-11-12-7-3-1-4-8-12;1-2(3)4/h1,3-4,7-8,13-14H,2,5-6,9-11H2,(H,17,20)(H,18,19);1H3,(H,3,4). The Balaban J connectivity index is 0.000000705. The van der Waals surface area contributed by atoms with Gasteiger partial charge in [0.25, 0.3) is 5.97 Å². The first-order valence-corrected chi connectivity index (χ1v) is 8.29. The van der Waals surface area contributed by atoms with E-state index in [-0.39, 0.29) is 12.5 Å². The molecule has 1 aliphatic rings. The summed E-state index contributed by atoms with van der Waals surface area (Å²) in [7, 11) is 0. The highest BCUT2D eigenvalue weighted by molar-refractivity contribution is 5.80. The molecule has 1 aliphatic carbocycles. The van der Waals surface area contributed by atoms with E-state index in [9.17, 15) is 14.7 Å². The highest BCUT2D eigenvalue weighted by Gasteiger charge is 2.31. The van der Waals surface area contributed by atoms with Gasteiger partial charge in [0, 0.05) is 6.92 Å². The first kappa shape index (κ1) is 20.5. The normalized spacial score (nSPS) is 15.2. The van der Waals surface area contributed by atoms with Gasteiger partial charge in [0.05, 0.1) is 0 Å². The second-order valence-corrected chi connectivity index (χ2v) is 5.94. The number of amides is 1. The summed E-state index contributed by atoms with van der Waals surface area (Å²) in [5.74, 6) is -1.82. The predicted molar refractivity (Wildman–Crippen MR) is 91.1 cm³/mol. The summed E-state index contributed by atoms with van der Waals surface area (Å²) in [6.07, 6.45) is 4.20. The summed E-state index contributed by atoms with van der Waals surface area (Å²) in [5.41, 5.74) is 0.872. The number of hydrogen-bond acceptors (Lipinski definition) is 4. The molecule has 1 unspecified atom stereocenters. The molecule has 1 aromatic rings. The van der Waals surface area contributed by atoms with E-state index in [2.05, 4.69) is 5.32 Å². The number of carboxylic acid groups (broad SMARTS) is 2. The number of carbonyl (C=O) groups is 3. The smallest absolute Gasteiger partial charge is 0.408 e. The van der Waals surface area contributed by atoms with Crippen molar-refractivity contribution in [3.63, 3.8) is 0 Å². The molecule has 0 saturated heterocycles. The second-order valence-electron chi connectivity index (χ2n) is 5.94. The van der Waals surface area contributed by atoms with Crippen molar-refractivity contribution in [2.24, 2.45) is 5.92 Å². The van der Waals surface area contributed by atoms with E-state index in [1.807, 2.05) is 30.3 Å². The van der Waals surface area contributed by atoms with Crippen LogP contribution in [0, 0.1) is 5.92 Å². The number of benzene rings is 1. The summed E-state index contributed by atoms with van der Waals surface area (Å²) < 4.78 is 5.09. The van der Waals surface area contributed by atoms with E-state index in [1.54, 1.807) is 0 Å². The predicted octanol–water partition coefficient (Wildman–Crippen LogP) is 3.04. The number of carboxylic acids is 2. The van der Waals surface area contributed by atoms with Crippen LogP contribution in [0.15, 0.2) is 30.3 Å². The first-order chi connectivity index (χ1) is 11.9. The Kier molecular flexibility index (Phi) is 9.06. The lowest BCUT2D eigenvalue weighted by Gasteiger charge is -2.27. The molecule has 1 fully saturated rings. The number of hydrogen-bond donors (Lipinski definition) is 3. The molecule has 7 heteroatoms. The van der Waals surface area contributed by atoms with Gasteiger partial charge in [-0.15, -0.1) is 0 Å². The Hall–Kier alpha value is -2.57. The van der Waals surface area contributed by atoms with Crippen molar-refractivity contribution < 1.29 is 29.3 Å². The van der Waals surface area contributed by atoms with E-state index in [0.29, 0.717) is 0 Å². The fourth-order valence-corrected chi connectivity index (χ4v) is 2.74. The van der Waals surface area contributed by atoms with E-state index in [4.69, 9.17) is 14.6 Å². The van der Waals surface area contributed by atoms with Gasteiger partial charge in [0.15, 0.2) is 0 Å². The third-order valence-electron chi connectivity index (χ3n) is 3.87. The zero-order chi connectivity index (χ0) is 18.7. The van der Waals surface area contributed by atoms with Gasteiger partial charge in [-0.2, -0.15) is 0 Å². The Morgan fingerprint density at radius 3 is 2.20 bits per heavy atom. The van der Waals surface area contributed by atoms with Crippen molar-refractivity contribution in [2.75, 3.05) is 0 Å². The number of rotatable bonds is 5. The molecule has 0 spiro atoms. The maximum Gasteiger partial charge on any atom is 0.408 e.